The molecule has 71 heavy (non-hydrogen) atoms. The van der Waals surface area contributed by atoms with Crippen LogP contribution in [0.25, 0.3) is 87.9 Å². The van der Waals surface area contributed by atoms with E-state index in [0.717, 1.165) is 78.7 Å². The van der Waals surface area contributed by atoms with Crippen LogP contribution in [0.5, 0.6) is 0 Å². The minimum atomic E-state index is 1.05. The third kappa shape index (κ3) is 6.63. The molecular weight excluding hydrogens is 863 g/mol. The molecule has 334 valence electrons. The Morgan fingerprint density at radius 2 is 0.704 bits per heavy atom. The average Bonchev–Trinajstić information content (AvgIpc) is 4.10. The fourth-order valence-corrected chi connectivity index (χ4v) is 11.1. The first-order valence-electron chi connectivity index (χ1n) is 24.3. The van der Waals surface area contributed by atoms with Gasteiger partial charge >= 0.3 is 0 Å². The normalized spacial score (nSPS) is 11.7. The molecule has 0 amide bonds. The van der Waals surface area contributed by atoms with Crippen molar-refractivity contribution in [3.63, 3.8) is 0 Å². The van der Waals surface area contributed by atoms with Crippen molar-refractivity contribution < 1.29 is 0 Å². The zero-order valence-electron chi connectivity index (χ0n) is 38.7. The Morgan fingerprint density at radius 1 is 0.268 bits per heavy atom. The summed E-state index contributed by atoms with van der Waals surface area (Å²) in [6.45, 7) is 0. The maximum Gasteiger partial charge on any atom is 0.0545 e. The molecule has 3 heterocycles. The highest BCUT2D eigenvalue weighted by Crippen LogP contribution is 2.48. The van der Waals surface area contributed by atoms with E-state index in [1.54, 1.807) is 0 Å². The van der Waals surface area contributed by atoms with Crippen molar-refractivity contribution in [3.8, 4) is 22.5 Å². The van der Waals surface area contributed by atoms with E-state index in [2.05, 4.69) is 291 Å². The molecule has 0 atom stereocenters. The zero-order valence-corrected chi connectivity index (χ0v) is 38.7. The number of rotatable bonds is 9. The molecule has 0 aliphatic rings. The second-order valence-electron chi connectivity index (χ2n) is 18.2. The lowest BCUT2D eigenvalue weighted by Gasteiger charge is -2.31. The van der Waals surface area contributed by atoms with Gasteiger partial charge in [0, 0.05) is 88.8 Å². The van der Waals surface area contributed by atoms with Gasteiger partial charge in [-0.25, -0.2) is 0 Å². The van der Waals surface area contributed by atoms with Crippen molar-refractivity contribution in [3.05, 3.63) is 267 Å². The summed E-state index contributed by atoms with van der Waals surface area (Å²) in [6.07, 6.45) is 0. The maximum atomic E-state index is 3.88. The predicted octanol–water partition coefficient (Wildman–Crippen LogP) is 18.1. The molecular formula is C66H45N5. The van der Waals surface area contributed by atoms with Gasteiger partial charge in [-0.15, -0.1) is 0 Å². The molecule has 1 N–H and O–H groups in total. The highest BCUT2D eigenvalue weighted by Gasteiger charge is 2.25. The van der Waals surface area contributed by atoms with Gasteiger partial charge in [0.1, 0.15) is 0 Å². The minimum Gasteiger partial charge on any atom is -0.354 e. The molecule has 5 nitrogen and oxygen atoms in total. The van der Waals surface area contributed by atoms with Gasteiger partial charge in [-0.1, -0.05) is 146 Å². The molecule has 0 bridgehead atoms. The van der Waals surface area contributed by atoms with Crippen LogP contribution < -0.4 is 9.80 Å². The number of aromatic nitrogens is 3. The number of aromatic amines is 1. The van der Waals surface area contributed by atoms with E-state index < -0.39 is 0 Å². The highest BCUT2D eigenvalue weighted by atomic mass is 15.2. The van der Waals surface area contributed by atoms with Gasteiger partial charge < -0.3 is 23.9 Å². The third-order valence-corrected chi connectivity index (χ3v) is 14.2. The lowest BCUT2D eigenvalue weighted by Crippen LogP contribution is -2.13. The Hall–Kier alpha value is -9.58. The van der Waals surface area contributed by atoms with E-state index in [1.165, 1.54) is 43.4 Å². The van der Waals surface area contributed by atoms with E-state index in [4.69, 9.17) is 0 Å². The quantitative estimate of drug-likeness (QED) is 0.156. The molecule has 0 aliphatic heterocycles. The Kier molecular flexibility index (Phi) is 9.46. The van der Waals surface area contributed by atoms with Gasteiger partial charge in [0.05, 0.1) is 33.3 Å². The summed E-state index contributed by atoms with van der Waals surface area (Å²) in [5.41, 5.74) is 17.8. The molecule has 11 aromatic carbocycles. The number of nitrogens with zero attached hydrogens (tertiary/aromatic N) is 4. The van der Waals surface area contributed by atoms with E-state index in [-0.39, 0.29) is 0 Å². The highest BCUT2D eigenvalue weighted by molar-refractivity contribution is 6.15. The Balaban J connectivity index is 1.02. The van der Waals surface area contributed by atoms with Gasteiger partial charge in [-0.3, -0.25) is 0 Å². The molecule has 0 fully saturated rings. The summed E-state index contributed by atoms with van der Waals surface area (Å²) in [5, 5.41) is 7.21. The number of benzene rings is 11. The molecule has 3 aromatic heterocycles. The molecule has 0 aliphatic carbocycles. The van der Waals surface area contributed by atoms with Crippen LogP contribution >= 0.6 is 0 Å². The standard InChI is InChI=1S/C66H45N5/c1-5-20-45(21-6-1)68(49-37-40-64-57(42-49)53-29-14-17-34-61(53)70(64)47-24-9-3-10-25-47)50-36-39-63(59(43-50)56-32-19-31-55-52-28-13-16-33-60(52)67-66(55)56)69(46-22-7-2-8-23-46)51-38-41-65-58(44-51)54-30-15-18-35-62(54)71(65)48-26-11-4-12-27-48/h1-44,67H. The first kappa shape index (κ1) is 40.5. The Labute approximate surface area is 410 Å². The summed E-state index contributed by atoms with van der Waals surface area (Å²) in [6, 6.07) is 96.7. The smallest absolute Gasteiger partial charge is 0.0545 e. The first-order chi connectivity index (χ1) is 35.2. The van der Waals surface area contributed by atoms with Crippen molar-refractivity contribution in [2.45, 2.75) is 0 Å². The Morgan fingerprint density at radius 3 is 1.30 bits per heavy atom. The summed E-state index contributed by atoms with van der Waals surface area (Å²) in [4.78, 5) is 8.72. The number of nitrogens with one attached hydrogen (secondary N) is 1. The van der Waals surface area contributed by atoms with E-state index in [0.29, 0.717) is 0 Å². The number of anilines is 6. The number of H-pyrrole nitrogens is 1. The largest absolute Gasteiger partial charge is 0.354 e. The average molecular weight is 908 g/mol. The van der Waals surface area contributed by atoms with Gasteiger partial charge in [-0.05, 0) is 121 Å². The predicted molar refractivity (Wildman–Crippen MR) is 299 cm³/mol. The number of fused-ring (bicyclic) bond motifs is 9. The second kappa shape index (κ2) is 16.6. The van der Waals surface area contributed by atoms with E-state index in [1.807, 2.05) is 0 Å². The van der Waals surface area contributed by atoms with Crippen LogP contribution in [0.1, 0.15) is 0 Å². The van der Waals surface area contributed by atoms with Crippen LogP contribution in [-0.2, 0) is 0 Å². The molecule has 5 heteroatoms. The number of hydrogen-bond donors (Lipinski definition) is 1. The SMILES string of the molecule is c1ccc(N(c2ccc(N(c3ccccc3)c3ccc4c(c3)c3ccccc3n4-c3ccccc3)c(-c3cccc4c3[nH]c3ccccc34)c2)c2ccc3c(c2)c2ccccc2n3-c2ccccc2)cc1. The summed E-state index contributed by atoms with van der Waals surface area (Å²) in [5.74, 6) is 0. The second-order valence-corrected chi connectivity index (χ2v) is 18.2. The van der Waals surface area contributed by atoms with E-state index >= 15 is 0 Å². The Bertz CT molecular complexity index is 4280. The molecule has 0 radical (unpaired) electrons. The topological polar surface area (TPSA) is 32.1 Å². The third-order valence-electron chi connectivity index (χ3n) is 14.2. The van der Waals surface area contributed by atoms with Crippen LogP contribution in [0.2, 0.25) is 0 Å². The number of para-hydroxylation sites is 8. The minimum absolute atomic E-state index is 1.05. The van der Waals surface area contributed by atoms with Crippen molar-refractivity contribution in [2.75, 3.05) is 9.80 Å². The lowest BCUT2D eigenvalue weighted by molar-refractivity contribution is 1.18. The first-order valence-corrected chi connectivity index (χ1v) is 24.3. The van der Waals surface area contributed by atoms with Crippen molar-refractivity contribution in [1.82, 2.24) is 14.1 Å². The molecule has 14 aromatic rings. The lowest BCUT2D eigenvalue weighted by atomic mass is 9.97. The van der Waals surface area contributed by atoms with Gasteiger partial charge in [0.2, 0.25) is 0 Å². The molecule has 0 unspecified atom stereocenters. The maximum absolute atomic E-state index is 3.88. The monoisotopic (exact) mass is 907 g/mol. The zero-order chi connectivity index (χ0) is 46.8. The van der Waals surface area contributed by atoms with Gasteiger partial charge in [0.15, 0.2) is 0 Å². The summed E-state index contributed by atoms with van der Waals surface area (Å²) < 4.78 is 4.76. The van der Waals surface area contributed by atoms with E-state index in [9.17, 15) is 0 Å². The van der Waals surface area contributed by atoms with Crippen molar-refractivity contribution >= 4 is 99.5 Å². The van der Waals surface area contributed by atoms with Crippen LogP contribution in [-0.4, -0.2) is 14.1 Å². The summed E-state index contributed by atoms with van der Waals surface area (Å²) in [7, 11) is 0. The van der Waals surface area contributed by atoms with Gasteiger partial charge in [0.25, 0.3) is 0 Å². The fraction of sp³-hybridized carbons (Fsp3) is 0. The van der Waals surface area contributed by atoms with Crippen LogP contribution in [0.15, 0.2) is 267 Å². The molecule has 0 spiro atoms. The molecule has 14 rings (SSSR count). The van der Waals surface area contributed by atoms with Crippen LogP contribution in [0.4, 0.5) is 34.1 Å². The number of hydrogen-bond acceptors (Lipinski definition) is 2. The van der Waals surface area contributed by atoms with Crippen LogP contribution in [0.3, 0.4) is 0 Å². The van der Waals surface area contributed by atoms with Gasteiger partial charge in [-0.2, -0.15) is 0 Å². The fourth-order valence-electron chi connectivity index (χ4n) is 11.1. The molecule has 0 saturated heterocycles. The summed E-state index contributed by atoms with van der Waals surface area (Å²) >= 11 is 0. The van der Waals surface area contributed by atoms with Crippen molar-refractivity contribution in [2.24, 2.45) is 0 Å². The van der Waals surface area contributed by atoms with Crippen LogP contribution in [0, 0.1) is 0 Å². The molecule has 0 saturated carbocycles. The van der Waals surface area contributed by atoms with Crippen molar-refractivity contribution in [1.29, 1.82) is 0 Å².